The van der Waals surface area contributed by atoms with Crippen molar-refractivity contribution >= 4 is 40.3 Å². The van der Waals surface area contributed by atoms with Gasteiger partial charge in [-0.2, -0.15) is 0 Å². The van der Waals surface area contributed by atoms with Gasteiger partial charge >= 0.3 is 5.97 Å². The summed E-state index contributed by atoms with van der Waals surface area (Å²) in [5.41, 5.74) is 1.70. The van der Waals surface area contributed by atoms with E-state index in [1.54, 1.807) is 23.9 Å². The molecule has 2 aromatic carbocycles. The summed E-state index contributed by atoms with van der Waals surface area (Å²) in [6.07, 6.45) is 0. The van der Waals surface area contributed by atoms with Gasteiger partial charge in [0.15, 0.2) is 0 Å². The Morgan fingerprint density at radius 3 is 2.62 bits per heavy atom. The van der Waals surface area contributed by atoms with Crippen LogP contribution in [0.5, 0.6) is 0 Å². The Kier molecular flexibility index (Phi) is 3.90. The number of hydrogen-bond donors (Lipinski definition) is 1. The van der Waals surface area contributed by atoms with Crippen LogP contribution in [0.15, 0.2) is 57.8 Å². The SMILES string of the molecule is O=C(O)c1cc2cc(CSc3ccc(Cl)cc3)ccc2o1. The highest BCUT2D eigenvalue weighted by Gasteiger charge is 2.10. The maximum Gasteiger partial charge on any atom is 0.371 e. The van der Waals surface area contributed by atoms with E-state index in [9.17, 15) is 4.79 Å². The maximum atomic E-state index is 10.9. The molecule has 0 atom stereocenters. The van der Waals surface area contributed by atoms with Gasteiger partial charge in [0.2, 0.25) is 5.76 Å². The summed E-state index contributed by atoms with van der Waals surface area (Å²) in [4.78, 5) is 12.0. The van der Waals surface area contributed by atoms with Gasteiger partial charge < -0.3 is 9.52 Å². The molecule has 3 nitrogen and oxygen atoms in total. The number of halogens is 1. The second-order valence-electron chi connectivity index (χ2n) is 4.53. The summed E-state index contributed by atoms with van der Waals surface area (Å²) in [6, 6.07) is 14.9. The summed E-state index contributed by atoms with van der Waals surface area (Å²) in [6.45, 7) is 0. The highest BCUT2D eigenvalue weighted by Crippen LogP contribution is 2.27. The lowest BCUT2D eigenvalue weighted by Gasteiger charge is -2.02. The average Bonchev–Trinajstić information content (AvgIpc) is 2.90. The van der Waals surface area contributed by atoms with Gasteiger partial charge in [-0.05, 0) is 48.0 Å². The van der Waals surface area contributed by atoms with Crippen molar-refractivity contribution in [1.82, 2.24) is 0 Å². The van der Waals surface area contributed by atoms with Crippen LogP contribution in [0.3, 0.4) is 0 Å². The molecule has 0 spiro atoms. The first-order chi connectivity index (χ1) is 10.1. The lowest BCUT2D eigenvalue weighted by atomic mass is 10.2. The monoisotopic (exact) mass is 318 g/mol. The second-order valence-corrected chi connectivity index (χ2v) is 6.02. The Balaban J connectivity index is 1.77. The molecule has 21 heavy (non-hydrogen) atoms. The molecule has 106 valence electrons. The largest absolute Gasteiger partial charge is 0.475 e. The molecule has 0 fully saturated rings. The van der Waals surface area contributed by atoms with Crippen LogP contribution in [-0.2, 0) is 5.75 Å². The molecule has 0 aliphatic rings. The third-order valence-corrected chi connectivity index (χ3v) is 4.35. The van der Waals surface area contributed by atoms with Crippen LogP contribution in [0, 0.1) is 0 Å². The minimum absolute atomic E-state index is 0.0347. The topological polar surface area (TPSA) is 50.4 Å². The van der Waals surface area contributed by atoms with Crippen LogP contribution in [0.4, 0.5) is 0 Å². The highest BCUT2D eigenvalue weighted by atomic mass is 35.5. The van der Waals surface area contributed by atoms with Gasteiger partial charge in [0.05, 0.1) is 0 Å². The van der Waals surface area contributed by atoms with Crippen molar-refractivity contribution in [2.75, 3.05) is 0 Å². The quantitative estimate of drug-likeness (QED) is 0.682. The minimum atomic E-state index is -1.05. The van der Waals surface area contributed by atoms with Crippen LogP contribution in [0.2, 0.25) is 5.02 Å². The van der Waals surface area contributed by atoms with E-state index in [-0.39, 0.29) is 5.76 Å². The molecule has 0 radical (unpaired) electrons. The first kappa shape index (κ1) is 14.0. The van der Waals surface area contributed by atoms with Crippen LogP contribution in [0.1, 0.15) is 16.1 Å². The fourth-order valence-electron chi connectivity index (χ4n) is 1.99. The Labute approximate surface area is 130 Å². The van der Waals surface area contributed by atoms with Gasteiger partial charge in [0, 0.05) is 21.1 Å². The molecule has 0 aliphatic heterocycles. The first-order valence-electron chi connectivity index (χ1n) is 6.26. The van der Waals surface area contributed by atoms with Gasteiger partial charge in [-0.15, -0.1) is 11.8 Å². The summed E-state index contributed by atoms with van der Waals surface area (Å²) >= 11 is 7.55. The molecule has 0 saturated heterocycles. The molecule has 3 rings (SSSR count). The number of rotatable bonds is 4. The lowest BCUT2D eigenvalue weighted by molar-refractivity contribution is 0.0665. The zero-order valence-corrected chi connectivity index (χ0v) is 12.4. The first-order valence-corrected chi connectivity index (χ1v) is 7.62. The van der Waals surface area contributed by atoms with E-state index in [1.165, 1.54) is 0 Å². The van der Waals surface area contributed by atoms with E-state index < -0.39 is 5.97 Å². The number of aromatic carboxylic acids is 1. The van der Waals surface area contributed by atoms with Gasteiger partial charge in [-0.3, -0.25) is 0 Å². The third-order valence-electron chi connectivity index (χ3n) is 3.01. The zero-order valence-electron chi connectivity index (χ0n) is 10.9. The minimum Gasteiger partial charge on any atom is -0.475 e. The van der Waals surface area contributed by atoms with Crippen molar-refractivity contribution in [3.63, 3.8) is 0 Å². The highest BCUT2D eigenvalue weighted by molar-refractivity contribution is 7.98. The van der Waals surface area contributed by atoms with E-state index >= 15 is 0 Å². The van der Waals surface area contributed by atoms with E-state index in [0.717, 1.165) is 26.6 Å². The molecule has 1 heterocycles. The summed E-state index contributed by atoms with van der Waals surface area (Å²) < 4.78 is 5.24. The Bertz CT molecular complexity index is 793. The van der Waals surface area contributed by atoms with Crippen LogP contribution in [-0.4, -0.2) is 11.1 Å². The van der Waals surface area contributed by atoms with Crippen molar-refractivity contribution in [2.45, 2.75) is 10.6 Å². The van der Waals surface area contributed by atoms with E-state index in [4.69, 9.17) is 21.1 Å². The van der Waals surface area contributed by atoms with Crippen LogP contribution in [0.25, 0.3) is 11.0 Å². The number of hydrogen-bond acceptors (Lipinski definition) is 3. The van der Waals surface area contributed by atoms with Crippen molar-refractivity contribution in [2.24, 2.45) is 0 Å². The molecular weight excluding hydrogens is 308 g/mol. The molecule has 5 heteroatoms. The molecular formula is C16H11ClO3S. The molecule has 0 saturated carbocycles. The number of carboxylic acids is 1. The second kappa shape index (κ2) is 5.84. The molecule has 0 unspecified atom stereocenters. The van der Waals surface area contributed by atoms with Crippen LogP contribution >= 0.6 is 23.4 Å². The Morgan fingerprint density at radius 2 is 1.90 bits per heavy atom. The van der Waals surface area contributed by atoms with Crippen LogP contribution < -0.4 is 0 Å². The zero-order chi connectivity index (χ0) is 14.8. The van der Waals surface area contributed by atoms with E-state index in [0.29, 0.717) is 5.58 Å². The number of fused-ring (bicyclic) bond motifs is 1. The van der Waals surface area contributed by atoms with Crippen molar-refractivity contribution in [3.05, 3.63) is 64.9 Å². The smallest absolute Gasteiger partial charge is 0.371 e. The predicted molar refractivity (Wildman–Crippen MR) is 84.2 cm³/mol. The number of carbonyl (C=O) groups is 1. The number of benzene rings is 2. The molecule has 0 bridgehead atoms. The summed E-state index contributed by atoms with van der Waals surface area (Å²) in [5, 5.41) is 10.5. The normalized spacial score (nSPS) is 10.9. The van der Waals surface area contributed by atoms with Crippen molar-refractivity contribution in [1.29, 1.82) is 0 Å². The van der Waals surface area contributed by atoms with Gasteiger partial charge in [0.1, 0.15) is 5.58 Å². The summed E-state index contributed by atoms with van der Waals surface area (Å²) in [7, 11) is 0. The average molecular weight is 319 g/mol. The number of furan rings is 1. The fourth-order valence-corrected chi connectivity index (χ4v) is 2.95. The van der Waals surface area contributed by atoms with Gasteiger partial charge in [0.25, 0.3) is 0 Å². The molecule has 1 N–H and O–H groups in total. The molecule has 0 aliphatic carbocycles. The molecule has 1 aromatic heterocycles. The lowest BCUT2D eigenvalue weighted by Crippen LogP contribution is -1.91. The van der Waals surface area contributed by atoms with Crippen molar-refractivity contribution in [3.8, 4) is 0 Å². The maximum absolute atomic E-state index is 10.9. The Hall–Kier alpha value is -1.91. The summed E-state index contributed by atoms with van der Waals surface area (Å²) in [5.74, 6) is -0.290. The van der Waals surface area contributed by atoms with E-state index in [1.807, 2.05) is 36.4 Å². The standard InChI is InChI=1S/C16H11ClO3S/c17-12-2-4-13(5-3-12)21-9-10-1-6-14-11(7-10)8-15(20-14)16(18)19/h1-8H,9H2,(H,18,19). The Morgan fingerprint density at radius 1 is 1.14 bits per heavy atom. The molecule has 3 aromatic rings. The molecule has 0 amide bonds. The number of carboxylic acid groups (broad SMARTS) is 1. The predicted octanol–water partition coefficient (Wildman–Crippen LogP) is 5.08. The van der Waals surface area contributed by atoms with E-state index in [2.05, 4.69) is 0 Å². The fraction of sp³-hybridized carbons (Fsp3) is 0.0625. The van der Waals surface area contributed by atoms with Gasteiger partial charge in [-0.1, -0.05) is 17.7 Å². The van der Waals surface area contributed by atoms with Crippen molar-refractivity contribution < 1.29 is 14.3 Å². The third kappa shape index (κ3) is 3.23. The van der Waals surface area contributed by atoms with Gasteiger partial charge in [-0.25, -0.2) is 4.79 Å². The number of thioether (sulfide) groups is 1.